The number of nitrogens with one attached hydrogen (secondary N) is 1. The molecular formula is C22H23BrN6O3. The van der Waals surface area contributed by atoms with Crippen LogP contribution in [0, 0.1) is 6.92 Å². The highest BCUT2D eigenvalue weighted by Crippen LogP contribution is 2.23. The summed E-state index contributed by atoms with van der Waals surface area (Å²) in [6, 6.07) is 12.3. The van der Waals surface area contributed by atoms with Crippen LogP contribution in [0.5, 0.6) is 5.75 Å². The lowest BCUT2D eigenvalue weighted by Crippen LogP contribution is -2.38. The van der Waals surface area contributed by atoms with Crippen molar-refractivity contribution in [2.45, 2.75) is 33.1 Å². The van der Waals surface area contributed by atoms with Crippen LogP contribution in [0.3, 0.4) is 0 Å². The van der Waals surface area contributed by atoms with Crippen LogP contribution in [0.15, 0.2) is 56.8 Å². The van der Waals surface area contributed by atoms with Crippen LogP contribution in [0.4, 0.5) is 5.95 Å². The largest absolute Gasteiger partial charge is 0.422 e. The molecular weight excluding hydrogens is 476 g/mol. The maximum atomic E-state index is 12.6. The maximum absolute atomic E-state index is 12.6. The average molecular weight is 499 g/mol. The number of nitrogens with zero attached hydrogens (tertiary/aromatic N) is 4. The summed E-state index contributed by atoms with van der Waals surface area (Å²) in [5.74, 6) is 5.64. The summed E-state index contributed by atoms with van der Waals surface area (Å²) in [4.78, 5) is 25.0. The van der Waals surface area contributed by atoms with Gasteiger partial charge in [-0.15, -0.1) is 10.2 Å². The van der Waals surface area contributed by atoms with Gasteiger partial charge >= 0.3 is 5.97 Å². The number of nitrogens with two attached hydrogens (primary N) is 1. The van der Waals surface area contributed by atoms with E-state index in [0.717, 1.165) is 14.7 Å². The number of anilines is 1. The Morgan fingerprint density at radius 3 is 2.62 bits per heavy atom. The Hall–Kier alpha value is -3.53. The van der Waals surface area contributed by atoms with E-state index in [1.807, 2.05) is 39.8 Å². The summed E-state index contributed by atoms with van der Waals surface area (Å²) in [5, 5.41) is 12.0. The van der Waals surface area contributed by atoms with E-state index in [-0.39, 0.29) is 11.6 Å². The van der Waals surface area contributed by atoms with E-state index in [1.165, 1.54) is 6.21 Å². The number of hydrogen-bond donors (Lipinski definition) is 2. The van der Waals surface area contributed by atoms with E-state index in [1.54, 1.807) is 30.3 Å². The van der Waals surface area contributed by atoms with Crippen LogP contribution in [-0.2, 0) is 5.41 Å². The minimum atomic E-state index is -0.501. The highest BCUT2D eigenvalue weighted by Gasteiger charge is 2.22. The molecule has 1 heterocycles. The van der Waals surface area contributed by atoms with Gasteiger partial charge in [0, 0.05) is 15.5 Å². The third-order valence-corrected chi connectivity index (χ3v) is 5.01. The fourth-order valence-electron chi connectivity index (χ4n) is 2.78. The Kier molecular flexibility index (Phi) is 6.73. The van der Waals surface area contributed by atoms with Crippen LogP contribution >= 0.6 is 15.9 Å². The van der Waals surface area contributed by atoms with E-state index < -0.39 is 16.9 Å². The maximum Gasteiger partial charge on any atom is 0.343 e. The molecule has 3 rings (SSSR count). The number of carbonyl (C=O) groups is 1. The molecule has 1 aromatic heterocycles. The Bertz CT molecular complexity index is 1250. The number of hydrazone groups is 1. The minimum absolute atomic E-state index is 0.0345. The molecule has 10 heteroatoms. The normalized spacial score (nSPS) is 11.5. The number of benzene rings is 2. The van der Waals surface area contributed by atoms with E-state index in [2.05, 4.69) is 36.7 Å². The minimum Gasteiger partial charge on any atom is -0.422 e. The molecule has 0 aliphatic carbocycles. The van der Waals surface area contributed by atoms with Gasteiger partial charge in [-0.2, -0.15) is 9.78 Å². The Labute approximate surface area is 193 Å². The number of aryl methyl sites for hydroxylation is 1. The molecule has 0 aliphatic heterocycles. The van der Waals surface area contributed by atoms with E-state index in [4.69, 9.17) is 10.6 Å². The number of nitrogen functional groups attached to an aromatic ring is 1. The monoisotopic (exact) mass is 498 g/mol. The van der Waals surface area contributed by atoms with Gasteiger partial charge < -0.3 is 10.6 Å². The molecule has 0 saturated heterocycles. The molecule has 0 radical (unpaired) electrons. The number of rotatable bonds is 5. The molecule has 0 bridgehead atoms. The second-order valence-corrected chi connectivity index (χ2v) is 8.97. The topological polar surface area (TPSA) is 124 Å². The molecule has 0 fully saturated rings. The quantitative estimate of drug-likeness (QED) is 0.181. The molecule has 0 atom stereocenters. The smallest absolute Gasteiger partial charge is 0.343 e. The predicted octanol–water partition coefficient (Wildman–Crippen LogP) is 3.39. The van der Waals surface area contributed by atoms with E-state index in [9.17, 15) is 9.59 Å². The number of esters is 1. The molecule has 0 aliphatic rings. The van der Waals surface area contributed by atoms with Gasteiger partial charge in [0.2, 0.25) is 0 Å². The van der Waals surface area contributed by atoms with Crippen molar-refractivity contribution < 1.29 is 9.53 Å². The summed E-state index contributed by atoms with van der Waals surface area (Å²) in [6.07, 6.45) is 1.43. The molecule has 0 spiro atoms. The third kappa shape index (κ3) is 5.20. The SMILES string of the molecule is Cc1ccccc1C(=O)Oc1ccc(Br)cc1/C=N\Nc1nnc(C(C)(C)C)c(=O)n1N. The zero-order chi connectivity index (χ0) is 23.5. The Morgan fingerprint density at radius 2 is 1.94 bits per heavy atom. The zero-order valence-electron chi connectivity index (χ0n) is 18.1. The van der Waals surface area contributed by atoms with Crippen LogP contribution in [0.1, 0.15) is 48.0 Å². The zero-order valence-corrected chi connectivity index (χ0v) is 19.7. The van der Waals surface area contributed by atoms with Crippen LogP contribution in [0.25, 0.3) is 0 Å². The molecule has 2 aromatic carbocycles. The molecule has 3 aromatic rings. The first-order chi connectivity index (χ1) is 15.1. The lowest BCUT2D eigenvalue weighted by Gasteiger charge is -2.17. The van der Waals surface area contributed by atoms with Crippen molar-refractivity contribution in [1.29, 1.82) is 0 Å². The predicted molar refractivity (Wildman–Crippen MR) is 127 cm³/mol. The molecule has 32 heavy (non-hydrogen) atoms. The first-order valence-electron chi connectivity index (χ1n) is 9.69. The van der Waals surface area contributed by atoms with Crippen molar-refractivity contribution in [2.24, 2.45) is 5.10 Å². The second-order valence-electron chi connectivity index (χ2n) is 8.05. The fourth-order valence-corrected chi connectivity index (χ4v) is 3.15. The lowest BCUT2D eigenvalue weighted by molar-refractivity contribution is 0.0733. The van der Waals surface area contributed by atoms with Gasteiger partial charge in [-0.25, -0.2) is 10.2 Å². The van der Waals surface area contributed by atoms with Crippen molar-refractivity contribution in [2.75, 3.05) is 11.3 Å². The van der Waals surface area contributed by atoms with E-state index >= 15 is 0 Å². The van der Waals surface area contributed by atoms with Gasteiger partial charge in [-0.05, 0) is 36.8 Å². The van der Waals surface area contributed by atoms with Crippen LogP contribution < -0.4 is 21.6 Å². The second kappa shape index (κ2) is 9.31. The van der Waals surface area contributed by atoms with Gasteiger partial charge in [0.1, 0.15) is 11.4 Å². The Balaban J connectivity index is 1.83. The summed E-state index contributed by atoms with van der Waals surface area (Å²) in [5.41, 5.74) is 3.66. The number of ether oxygens (including phenoxy) is 1. The average Bonchev–Trinajstić information content (AvgIpc) is 2.72. The van der Waals surface area contributed by atoms with Crippen molar-refractivity contribution in [1.82, 2.24) is 14.9 Å². The molecule has 0 saturated carbocycles. The van der Waals surface area contributed by atoms with Crippen molar-refractivity contribution >= 4 is 34.1 Å². The highest BCUT2D eigenvalue weighted by molar-refractivity contribution is 9.10. The lowest BCUT2D eigenvalue weighted by atomic mass is 9.93. The van der Waals surface area contributed by atoms with Crippen molar-refractivity contribution in [3.63, 3.8) is 0 Å². The molecule has 9 nitrogen and oxygen atoms in total. The first kappa shape index (κ1) is 23.1. The molecule has 166 valence electrons. The molecule has 3 N–H and O–H groups in total. The van der Waals surface area contributed by atoms with Gasteiger partial charge in [0.25, 0.3) is 11.5 Å². The first-order valence-corrected chi connectivity index (χ1v) is 10.5. The van der Waals surface area contributed by atoms with Crippen molar-refractivity contribution in [3.8, 4) is 5.75 Å². The van der Waals surface area contributed by atoms with Gasteiger partial charge in [-0.1, -0.05) is 54.9 Å². The number of carbonyl (C=O) groups excluding carboxylic acids is 1. The number of halogens is 1. The summed E-state index contributed by atoms with van der Waals surface area (Å²) >= 11 is 3.39. The fraction of sp³-hybridized carbons (Fsp3) is 0.227. The van der Waals surface area contributed by atoms with Gasteiger partial charge in [-0.3, -0.25) is 4.79 Å². The molecule has 0 amide bonds. The summed E-state index contributed by atoms with van der Waals surface area (Å²) < 4.78 is 7.20. The number of aromatic nitrogens is 3. The standard InChI is InChI=1S/C22H23BrN6O3/c1-13-7-5-6-8-16(13)20(31)32-17-10-9-15(23)11-14(17)12-25-27-21-28-26-18(22(2,3)4)19(30)29(21)24/h5-12H,24H2,1-4H3,(H,27,28)/b25-12-. The third-order valence-electron chi connectivity index (χ3n) is 4.51. The molecule has 0 unspecified atom stereocenters. The Morgan fingerprint density at radius 1 is 1.22 bits per heavy atom. The summed E-state index contributed by atoms with van der Waals surface area (Å²) in [7, 11) is 0. The van der Waals surface area contributed by atoms with E-state index in [0.29, 0.717) is 16.9 Å². The summed E-state index contributed by atoms with van der Waals surface area (Å²) in [6.45, 7) is 7.37. The highest BCUT2D eigenvalue weighted by atomic mass is 79.9. The van der Waals surface area contributed by atoms with Gasteiger partial charge in [0.05, 0.1) is 11.8 Å². The van der Waals surface area contributed by atoms with Gasteiger partial charge in [0.15, 0.2) is 0 Å². The van der Waals surface area contributed by atoms with Crippen LogP contribution in [0.2, 0.25) is 0 Å². The van der Waals surface area contributed by atoms with Crippen LogP contribution in [-0.4, -0.2) is 27.1 Å². The number of hydrogen-bond acceptors (Lipinski definition) is 8. The van der Waals surface area contributed by atoms with Crippen molar-refractivity contribution in [3.05, 3.63) is 79.7 Å².